The average molecular weight is 280 g/mol. The molecule has 4 aromatic rings. The van der Waals surface area contributed by atoms with Crippen LogP contribution in [-0.4, -0.2) is 0 Å². The summed E-state index contributed by atoms with van der Waals surface area (Å²) in [5.41, 5.74) is 4.01. The molecule has 0 aliphatic rings. The van der Waals surface area contributed by atoms with Gasteiger partial charge < -0.3 is 0 Å². The van der Waals surface area contributed by atoms with Crippen molar-refractivity contribution in [2.24, 2.45) is 0 Å². The number of benzene rings is 2. The summed E-state index contributed by atoms with van der Waals surface area (Å²) in [7, 11) is 0. The maximum absolute atomic E-state index is 2.31. The SMILES string of the molecule is Cc1ccc2c(-c3ccc4ccsc4c3)csc2c1. The summed E-state index contributed by atoms with van der Waals surface area (Å²) < 4.78 is 2.74. The zero-order chi connectivity index (χ0) is 12.8. The molecule has 0 aliphatic heterocycles. The molecule has 0 saturated carbocycles. The van der Waals surface area contributed by atoms with Crippen LogP contribution in [0.1, 0.15) is 5.56 Å². The third-order valence-corrected chi connectivity index (χ3v) is 5.32. The Kier molecular flexibility index (Phi) is 2.47. The van der Waals surface area contributed by atoms with Gasteiger partial charge >= 0.3 is 0 Å². The lowest BCUT2D eigenvalue weighted by molar-refractivity contribution is 1.52. The minimum atomic E-state index is 1.32. The summed E-state index contributed by atoms with van der Waals surface area (Å²) in [5, 5.41) is 7.14. The van der Waals surface area contributed by atoms with Gasteiger partial charge in [0, 0.05) is 20.3 Å². The van der Waals surface area contributed by atoms with Gasteiger partial charge in [-0.2, -0.15) is 0 Å². The second kappa shape index (κ2) is 4.19. The Morgan fingerprint density at radius 1 is 0.842 bits per heavy atom. The van der Waals surface area contributed by atoms with E-state index in [1.165, 1.54) is 36.9 Å². The summed E-state index contributed by atoms with van der Waals surface area (Å²) >= 11 is 3.64. The molecule has 0 nitrogen and oxygen atoms in total. The molecule has 0 unspecified atom stereocenters. The van der Waals surface area contributed by atoms with E-state index < -0.39 is 0 Å². The summed E-state index contributed by atoms with van der Waals surface area (Å²) in [6, 6.07) is 15.7. The molecule has 0 radical (unpaired) electrons. The van der Waals surface area contributed by atoms with Crippen molar-refractivity contribution in [3.8, 4) is 11.1 Å². The predicted octanol–water partition coefficient (Wildman–Crippen LogP) is 6.09. The minimum Gasteiger partial charge on any atom is -0.144 e. The molecule has 2 aromatic carbocycles. The third-order valence-electron chi connectivity index (χ3n) is 3.50. The van der Waals surface area contributed by atoms with E-state index in [4.69, 9.17) is 0 Å². The Bertz CT molecular complexity index is 880. The van der Waals surface area contributed by atoms with E-state index in [1.807, 2.05) is 22.7 Å². The normalized spacial score (nSPS) is 11.4. The second-order valence-electron chi connectivity index (χ2n) is 4.82. The number of thiophene rings is 2. The van der Waals surface area contributed by atoms with Gasteiger partial charge in [-0.15, -0.1) is 22.7 Å². The van der Waals surface area contributed by atoms with Crippen LogP contribution in [0, 0.1) is 6.92 Å². The zero-order valence-corrected chi connectivity index (χ0v) is 12.1. The Balaban J connectivity index is 1.97. The smallest absolute Gasteiger partial charge is 0.0351 e. The van der Waals surface area contributed by atoms with Crippen LogP contribution in [0.25, 0.3) is 31.3 Å². The summed E-state index contributed by atoms with van der Waals surface area (Å²) in [6.45, 7) is 2.15. The number of hydrogen-bond acceptors (Lipinski definition) is 2. The highest BCUT2D eigenvalue weighted by Gasteiger charge is 2.07. The van der Waals surface area contributed by atoms with Crippen molar-refractivity contribution in [3.63, 3.8) is 0 Å². The van der Waals surface area contributed by atoms with Gasteiger partial charge in [-0.05, 0) is 52.4 Å². The van der Waals surface area contributed by atoms with Crippen molar-refractivity contribution in [2.75, 3.05) is 0 Å². The van der Waals surface area contributed by atoms with Gasteiger partial charge in [-0.3, -0.25) is 0 Å². The quantitative estimate of drug-likeness (QED) is 0.395. The Hall–Kier alpha value is -1.64. The van der Waals surface area contributed by atoms with Crippen LogP contribution in [-0.2, 0) is 0 Å². The van der Waals surface area contributed by atoms with Crippen LogP contribution in [0.3, 0.4) is 0 Å². The van der Waals surface area contributed by atoms with Crippen molar-refractivity contribution < 1.29 is 0 Å². The van der Waals surface area contributed by atoms with Crippen LogP contribution >= 0.6 is 22.7 Å². The molecule has 92 valence electrons. The second-order valence-corrected chi connectivity index (χ2v) is 6.68. The fourth-order valence-electron chi connectivity index (χ4n) is 2.48. The standard InChI is InChI=1S/C17H12S2/c1-11-2-5-14-15(10-19-17(14)8-11)13-4-3-12-6-7-18-16(12)9-13/h2-10H,1H3. The lowest BCUT2D eigenvalue weighted by atomic mass is 10.0. The van der Waals surface area contributed by atoms with Crippen LogP contribution < -0.4 is 0 Å². The van der Waals surface area contributed by atoms with Gasteiger partial charge in [-0.1, -0.05) is 24.3 Å². The van der Waals surface area contributed by atoms with E-state index in [1.54, 1.807) is 0 Å². The zero-order valence-electron chi connectivity index (χ0n) is 10.5. The van der Waals surface area contributed by atoms with Crippen molar-refractivity contribution in [1.29, 1.82) is 0 Å². The highest BCUT2D eigenvalue weighted by molar-refractivity contribution is 7.18. The molecule has 0 N–H and O–H groups in total. The first kappa shape index (κ1) is 11.2. The Morgan fingerprint density at radius 2 is 1.79 bits per heavy atom. The Labute approximate surface area is 119 Å². The molecule has 0 spiro atoms. The predicted molar refractivity (Wildman–Crippen MR) is 87.4 cm³/mol. The summed E-state index contributed by atoms with van der Waals surface area (Å²) in [6.07, 6.45) is 0. The molecule has 2 heteroatoms. The molecule has 0 atom stereocenters. The van der Waals surface area contributed by atoms with E-state index in [0.717, 1.165) is 0 Å². The lowest BCUT2D eigenvalue weighted by Crippen LogP contribution is -1.76. The monoisotopic (exact) mass is 280 g/mol. The van der Waals surface area contributed by atoms with Crippen molar-refractivity contribution in [3.05, 3.63) is 58.8 Å². The van der Waals surface area contributed by atoms with E-state index >= 15 is 0 Å². The van der Waals surface area contributed by atoms with Crippen LogP contribution in [0.4, 0.5) is 0 Å². The molecule has 0 fully saturated rings. The topological polar surface area (TPSA) is 0 Å². The molecule has 2 heterocycles. The van der Waals surface area contributed by atoms with Crippen molar-refractivity contribution >= 4 is 42.8 Å². The van der Waals surface area contributed by atoms with Crippen LogP contribution in [0.2, 0.25) is 0 Å². The maximum Gasteiger partial charge on any atom is 0.0351 e. The molecular weight excluding hydrogens is 268 g/mol. The van der Waals surface area contributed by atoms with Crippen LogP contribution in [0.15, 0.2) is 53.2 Å². The van der Waals surface area contributed by atoms with Crippen LogP contribution in [0.5, 0.6) is 0 Å². The molecule has 4 rings (SSSR count). The number of fused-ring (bicyclic) bond motifs is 2. The summed E-state index contributed by atoms with van der Waals surface area (Å²) in [4.78, 5) is 0. The fraction of sp³-hybridized carbons (Fsp3) is 0.0588. The highest BCUT2D eigenvalue weighted by Crippen LogP contribution is 2.36. The van der Waals surface area contributed by atoms with E-state index in [0.29, 0.717) is 0 Å². The average Bonchev–Trinajstić information content (AvgIpc) is 3.02. The molecule has 0 saturated heterocycles. The van der Waals surface area contributed by atoms with E-state index in [-0.39, 0.29) is 0 Å². The Morgan fingerprint density at radius 3 is 2.74 bits per heavy atom. The first-order valence-electron chi connectivity index (χ1n) is 6.27. The van der Waals surface area contributed by atoms with Crippen molar-refractivity contribution in [2.45, 2.75) is 6.92 Å². The van der Waals surface area contributed by atoms with Gasteiger partial charge in [0.15, 0.2) is 0 Å². The van der Waals surface area contributed by atoms with Gasteiger partial charge in [0.05, 0.1) is 0 Å². The number of aryl methyl sites for hydroxylation is 1. The first-order valence-corrected chi connectivity index (χ1v) is 8.03. The molecule has 0 aliphatic carbocycles. The maximum atomic E-state index is 2.31. The van der Waals surface area contributed by atoms with Gasteiger partial charge in [-0.25, -0.2) is 0 Å². The molecule has 19 heavy (non-hydrogen) atoms. The number of hydrogen-bond donors (Lipinski definition) is 0. The number of rotatable bonds is 1. The van der Waals surface area contributed by atoms with Gasteiger partial charge in [0.25, 0.3) is 0 Å². The van der Waals surface area contributed by atoms with E-state index in [9.17, 15) is 0 Å². The third kappa shape index (κ3) is 1.79. The van der Waals surface area contributed by atoms with Gasteiger partial charge in [0.1, 0.15) is 0 Å². The highest BCUT2D eigenvalue weighted by atomic mass is 32.1. The molecule has 0 bridgehead atoms. The van der Waals surface area contributed by atoms with Crippen molar-refractivity contribution in [1.82, 2.24) is 0 Å². The first-order chi connectivity index (χ1) is 9.31. The molecule has 2 aromatic heterocycles. The van der Waals surface area contributed by atoms with E-state index in [2.05, 4.69) is 60.1 Å². The largest absolute Gasteiger partial charge is 0.144 e. The minimum absolute atomic E-state index is 1.32. The van der Waals surface area contributed by atoms with Gasteiger partial charge in [0.2, 0.25) is 0 Å². The molecular formula is C17H12S2. The fourth-order valence-corrected chi connectivity index (χ4v) is 4.38. The lowest BCUT2D eigenvalue weighted by Gasteiger charge is -2.01. The molecule has 0 amide bonds. The summed E-state index contributed by atoms with van der Waals surface area (Å²) in [5.74, 6) is 0.